The Morgan fingerprint density at radius 2 is 1.77 bits per heavy atom. The maximum absolute atomic E-state index is 12.5. The predicted octanol–water partition coefficient (Wildman–Crippen LogP) is 1.89. The summed E-state index contributed by atoms with van der Waals surface area (Å²) in [4.78, 5) is 8.34. The molecular formula is C15H19N3O3S. The fourth-order valence-corrected chi connectivity index (χ4v) is 3.12. The summed E-state index contributed by atoms with van der Waals surface area (Å²) in [5.74, 6) is 0.325. The smallest absolute Gasteiger partial charge is 0.244 e. The van der Waals surface area contributed by atoms with Crippen LogP contribution in [0.1, 0.15) is 22.5 Å². The molecule has 0 amide bonds. The Bertz CT molecular complexity index is 771. The summed E-state index contributed by atoms with van der Waals surface area (Å²) in [7, 11) is -2.24. The standard InChI is InChI=1S/C15H19N3O3S/c1-10-5-14(21-4)15(6-11(10)2)22(19,20)18-9-13-8-16-12(3)7-17-13/h5-8,18H,9H2,1-4H3. The second kappa shape index (κ2) is 6.41. The van der Waals surface area contributed by atoms with Crippen LogP contribution >= 0.6 is 0 Å². The van der Waals surface area contributed by atoms with E-state index in [2.05, 4.69) is 14.7 Å². The van der Waals surface area contributed by atoms with E-state index in [1.807, 2.05) is 20.8 Å². The summed E-state index contributed by atoms with van der Waals surface area (Å²) in [6.45, 7) is 5.66. The Labute approximate surface area is 130 Å². The van der Waals surface area contributed by atoms with E-state index in [-0.39, 0.29) is 11.4 Å². The number of hydrogen-bond acceptors (Lipinski definition) is 5. The van der Waals surface area contributed by atoms with Gasteiger partial charge in [0.1, 0.15) is 10.6 Å². The van der Waals surface area contributed by atoms with Gasteiger partial charge in [-0.25, -0.2) is 13.1 Å². The first-order valence-corrected chi connectivity index (χ1v) is 8.24. The lowest BCUT2D eigenvalue weighted by Gasteiger charge is -2.13. The molecule has 0 aliphatic rings. The second-order valence-corrected chi connectivity index (χ2v) is 6.80. The molecule has 0 aliphatic carbocycles. The summed E-state index contributed by atoms with van der Waals surface area (Å²) in [6, 6.07) is 3.33. The number of sulfonamides is 1. The molecule has 0 aliphatic heterocycles. The van der Waals surface area contributed by atoms with Crippen molar-refractivity contribution in [2.75, 3.05) is 7.11 Å². The van der Waals surface area contributed by atoms with Crippen LogP contribution in [0.3, 0.4) is 0 Å². The topological polar surface area (TPSA) is 81.2 Å². The molecule has 0 radical (unpaired) electrons. The van der Waals surface area contributed by atoms with Crippen LogP contribution in [0, 0.1) is 20.8 Å². The Hall–Kier alpha value is -1.99. The SMILES string of the molecule is COc1cc(C)c(C)cc1S(=O)(=O)NCc1cnc(C)cn1. The van der Waals surface area contributed by atoms with Crippen molar-refractivity contribution in [1.29, 1.82) is 0 Å². The van der Waals surface area contributed by atoms with Gasteiger partial charge in [-0.15, -0.1) is 0 Å². The average molecular weight is 321 g/mol. The normalized spacial score (nSPS) is 11.5. The number of aryl methyl sites for hydroxylation is 3. The molecule has 0 fully saturated rings. The monoisotopic (exact) mass is 321 g/mol. The van der Waals surface area contributed by atoms with Crippen LogP contribution in [0.15, 0.2) is 29.4 Å². The lowest BCUT2D eigenvalue weighted by Crippen LogP contribution is -2.24. The maximum atomic E-state index is 12.5. The van der Waals surface area contributed by atoms with Crippen molar-refractivity contribution >= 4 is 10.0 Å². The van der Waals surface area contributed by atoms with Crippen LogP contribution in [-0.4, -0.2) is 25.5 Å². The summed E-state index contributed by atoms with van der Waals surface area (Å²) in [5.41, 5.74) is 3.19. The number of benzene rings is 1. The Morgan fingerprint density at radius 3 is 2.36 bits per heavy atom. The number of methoxy groups -OCH3 is 1. The zero-order valence-electron chi connectivity index (χ0n) is 13.0. The van der Waals surface area contributed by atoms with E-state index in [1.54, 1.807) is 24.5 Å². The number of rotatable bonds is 5. The third-order valence-electron chi connectivity index (χ3n) is 3.35. The Kier molecular flexibility index (Phi) is 4.77. The van der Waals surface area contributed by atoms with Crippen LogP contribution in [0.2, 0.25) is 0 Å². The summed E-state index contributed by atoms with van der Waals surface area (Å²) >= 11 is 0. The molecule has 7 heteroatoms. The zero-order valence-corrected chi connectivity index (χ0v) is 13.9. The quantitative estimate of drug-likeness (QED) is 0.909. The van der Waals surface area contributed by atoms with Gasteiger partial charge in [0.25, 0.3) is 0 Å². The highest BCUT2D eigenvalue weighted by molar-refractivity contribution is 7.89. The number of nitrogens with zero attached hydrogens (tertiary/aromatic N) is 2. The van der Waals surface area contributed by atoms with Gasteiger partial charge in [-0.2, -0.15) is 0 Å². The maximum Gasteiger partial charge on any atom is 0.244 e. The van der Waals surface area contributed by atoms with Crippen LogP contribution in [0.5, 0.6) is 5.75 Å². The van der Waals surface area contributed by atoms with Crippen LogP contribution in [-0.2, 0) is 16.6 Å². The van der Waals surface area contributed by atoms with Crippen molar-refractivity contribution in [3.63, 3.8) is 0 Å². The molecule has 2 aromatic rings. The molecule has 118 valence electrons. The van der Waals surface area contributed by atoms with E-state index in [4.69, 9.17) is 4.74 Å². The number of ether oxygens (including phenoxy) is 1. The van der Waals surface area contributed by atoms with Gasteiger partial charge in [0, 0.05) is 6.20 Å². The van der Waals surface area contributed by atoms with Gasteiger partial charge < -0.3 is 4.74 Å². The van der Waals surface area contributed by atoms with Crippen LogP contribution in [0.4, 0.5) is 0 Å². The van der Waals surface area contributed by atoms with Crippen molar-refractivity contribution in [3.8, 4) is 5.75 Å². The molecule has 1 heterocycles. The molecule has 2 rings (SSSR count). The molecule has 1 N–H and O–H groups in total. The zero-order chi connectivity index (χ0) is 16.3. The summed E-state index contributed by atoms with van der Waals surface area (Å²) in [5, 5.41) is 0. The molecule has 0 unspecified atom stereocenters. The largest absolute Gasteiger partial charge is 0.495 e. The van der Waals surface area contributed by atoms with Gasteiger partial charge in [0.05, 0.1) is 31.2 Å². The van der Waals surface area contributed by atoms with Crippen molar-refractivity contribution in [3.05, 3.63) is 47.0 Å². The Balaban J connectivity index is 2.27. The van der Waals surface area contributed by atoms with Gasteiger partial charge in [0.15, 0.2) is 0 Å². The van der Waals surface area contributed by atoms with Gasteiger partial charge in [-0.05, 0) is 44.0 Å². The molecule has 6 nitrogen and oxygen atoms in total. The first-order chi connectivity index (χ1) is 10.3. The van der Waals surface area contributed by atoms with E-state index in [9.17, 15) is 8.42 Å². The second-order valence-electron chi connectivity index (χ2n) is 5.06. The average Bonchev–Trinajstić information content (AvgIpc) is 2.49. The van der Waals surface area contributed by atoms with Crippen molar-refractivity contribution in [1.82, 2.24) is 14.7 Å². The van der Waals surface area contributed by atoms with Crippen LogP contribution in [0.25, 0.3) is 0 Å². The first kappa shape index (κ1) is 16.4. The highest BCUT2D eigenvalue weighted by Crippen LogP contribution is 2.27. The third-order valence-corrected chi connectivity index (χ3v) is 4.77. The summed E-state index contributed by atoms with van der Waals surface area (Å²) in [6.07, 6.45) is 3.15. The first-order valence-electron chi connectivity index (χ1n) is 6.76. The Morgan fingerprint density at radius 1 is 1.09 bits per heavy atom. The lowest BCUT2D eigenvalue weighted by molar-refractivity contribution is 0.401. The lowest BCUT2D eigenvalue weighted by atomic mass is 10.1. The van der Waals surface area contributed by atoms with Gasteiger partial charge in [-0.3, -0.25) is 9.97 Å². The minimum absolute atomic E-state index is 0.0751. The fourth-order valence-electron chi connectivity index (χ4n) is 1.89. The summed E-state index contributed by atoms with van der Waals surface area (Å²) < 4.78 is 32.7. The molecule has 0 saturated carbocycles. The van der Waals surface area contributed by atoms with Gasteiger partial charge in [0.2, 0.25) is 10.0 Å². The fraction of sp³-hybridized carbons (Fsp3) is 0.333. The van der Waals surface area contributed by atoms with E-state index in [0.29, 0.717) is 11.4 Å². The van der Waals surface area contributed by atoms with Crippen molar-refractivity contribution < 1.29 is 13.2 Å². The molecule has 22 heavy (non-hydrogen) atoms. The number of nitrogens with one attached hydrogen (secondary N) is 1. The van der Waals surface area contributed by atoms with Gasteiger partial charge >= 0.3 is 0 Å². The van der Waals surface area contributed by atoms with Gasteiger partial charge in [-0.1, -0.05) is 0 Å². The van der Waals surface area contributed by atoms with E-state index >= 15 is 0 Å². The minimum atomic E-state index is -3.69. The molecule has 0 spiro atoms. The molecule has 0 saturated heterocycles. The molecule has 1 aromatic heterocycles. The molecule has 1 aromatic carbocycles. The molecular weight excluding hydrogens is 302 g/mol. The predicted molar refractivity (Wildman–Crippen MR) is 83.3 cm³/mol. The number of aromatic nitrogens is 2. The van der Waals surface area contributed by atoms with Crippen LogP contribution < -0.4 is 9.46 Å². The minimum Gasteiger partial charge on any atom is -0.495 e. The van der Waals surface area contributed by atoms with E-state index in [1.165, 1.54) is 7.11 Å². The van der Waals surface area contributed by atoms with Crippen molar-refractivity contribution in [2.45, 2.75) is 32.2 Å². The highest BCUT2D eigenvalue weighted by atomic mass is 32.2. The highest BCUT2D eigenvalue weighted by Gasteiger charge is 2.20. The molecule has 0 atom stereocenters. The molecule has 0 bridgehead atoms. The van der Waals surface area contributed by atoms with E-state index in [0.717, 1.165) is 16.8 Å². The third kappa shape index (κ3) is 3.61. The van der Waals surface area contributed by atoms with E-state index < -0.39 is 10.0 Å². The van der Waals surface area contributed by atoms with Crippen molar-refractivity contribution in [2.24, 2.45) is 0 Å². The number of hydrogen-bond donors (Lipinski definition) is 1.